The number of aromatic nitrogens is 4. The monoisotopic (exact) mass is 246 g/mol. The van der Waals surface area contributed by atoms with Crippen molar-refractivity contribution in [2.24, 2.45) is 5.73 Å². The molecule has 7 heteroatoms. The van der Waals surface area contributed by atoms with E-state index >= 15 is 0 Å². The van der Waals surface area contributed by atoms with Gasteiger partial charge in [0.25, 0.3) is 0 Å². The molecule has 0 radical (unpaired) electrons. The molecular formula is C11H14N6O. The van der Waals surface area contributed by atoms with E-state index < -0.39 is 5.54 Å². The standard InChI is InChI=1S/C11H14N6O/c1-11(2,12)10(18)14-8-3-5-9(6-4-8)17-7-13-15-16-17/h3-7H,12H2,1-2H3,(H,14,18). The number of benzene rings is 1. The van der Waals surface area contributed by atoms with Crippen LogP contribution in [0.15, 0.2) is 30.6 Å². The molecule has 0 unspecified atom stereocenters. The molecule has 1 amide bonds. The molecule has 0 aliphatic rings. The molecule has 1 aromatic carbocycles. The van der Waals surface area contributed by atoms with Crippen molar-refractivity contribution in [2.45, 2.75) is 19.4 Å². The van der Waals surface area contributed by atoms with E-state index in [9.17, 15) is 4.79 Å². The Kier molecular flexibility index (Phi) is 3.07. The molecule has 0 atom stereocenters. The summed E-state index contributed by atoms with van der Waals surface area (Å²) in [4.78, 5) is 11.7. The van der Waals surface area contributed by atoms with Gasteiger partial charge in [-0.1, -0.05) is 0 Å². The van der Waals surface area contributed by atoms with Crippen LogP contribution in [0.25, 0.3) is 5.69 Å². The summed E-state index contributed by atoms with van der Waals surface area (Å²) in [5.41, 5.74) is 6.27. The Labute approximate surface area is 104 Å². The summed E-state index contributed by atoms with van der Waals surface area (Å²) in [6, 6.07) is 7.13. The number of rotatable bonds is 3. The zero-order chi connectivity index (χ0) is 13.2. The SMILES string of the molecule is CC(C)(N)C(=O)Nc1ccc(-n2cnnn2)cc1. The van der Waals surface area contributed by atoms with Gasteiger partial charge in [-0.25, -0.2) is 4.68 Å². The maximum atomic E-state index is 11.7. The summed E-state index contributed by atoms with van der Waals surface area (Å²) < 4.78 is 1.53. The Morgan fingerprint density at radius 2 is 2.00 bits per heavy atom. The first-order chi connectivity index (χ1) is 8.47. The van der Waals surface area contributed by atoms with Gasteiger partial charge in [-0.05, 0) is 48.5 Å². The van der Waals surface area contributed by atoms with Crippen molar-refractivity contribution in [1.29, 1.82) is 0 Å². The van der Waals surface area contributed by atoms with Gasteiger partial charge >= 0.3 is 0 Å². The first kappa shape index (κ1) is 12.2. The number of hydrogen-bond donors (Lipinski definition) is 2. The molecule has 94 valence electrons. The molecule has 0 spiro atoms. The third kappa shape index (κ3) is 2.69. The lowest BCUT2D eigenvalue weighted by Gasteiger charge is -2.17. The highest BCUT2D eigenvalue weighted by Gasteiger charge is 2.21. The van der Waals surface area contributed by atoms with Gasteiger partial charge in [-0.2, -0.15) is 0 Å². The molecule has 1 heterocycles. The van der Waals surface area contributed by atoms with Gasteiger partial charge in [0.15, 0.2) is 0 Å². The summed E-state index contributed by atoms with van der Waals surface area (Å²) in [7, 11) is 0. The smallest absolute Gasteiger partial charge is 0.243 e. The van der Waals surface area contributed by atoms with E-state index in [1.807, 2.05) is 0 Å². The van der Waals surface area contributed by atoms with Crippen LogP contribution in [0.3, 0.4) is 0 Å². The second kappa shape index (κ2) is 4.53. The first-order valence-corrected chi connectivity index (χ1v) is 5.40. The van der Waals surface area contributed by atoms with Crippen LogP contribution in [0.4, 0.5) is 5.69 Å². The van der Waals surface area contributed by atoms with Crippen LogP contribution in [0.1, 0.15) is 13.8 Å². The van der Waals surface area contributed by atoms with Crippen LogP contribution in [0.2, 0.25) is 0 Å². The molecule has 7 nitrogen and oxygen atoms in total. The van der Waals surface area contributed by atoms with Crippen molar-refractivity contribution < 1.29 is 4.79 Å². The van der Waals surface area contributed by atoms with Gasteiger partial charge in [0.05, 0.1) is 11.2 Å². The molecular weight excluding hydrogens is 232 g/mol. The lowest BCUT2D eigenvalue weighted by Crippen LogP contribution is -2.45. The fraction of sp³-hybridized carbons (Fsp3) is 0.273. The van der Waals surface area contributed by atoms with Gasteiger partial charge in [0, 0.05) is 5.69 Å². The Morgan fingerprint density at radius 1 is 1.33 bits per heavy atom. The molecule has 18 heavy (non-hydrogen) atoms. The molecule has 0 saturated carbocycles. The number of hydrogen-bond acceptors (Lipinski definition) is 5. The van der Waals surface area contributed by atoms with Crippen molar-refractivity contribution >= 4 is 11.6 Å². The highest BCUT2D eigenvalue weighted by molar-refractivity contribution is 5.97. The normalized spacial score (nSPS) is 11.3. The van der Waals surface area contributed by atoms with Crippen LogP contribution < -0.4 is 11.1 Å². The minimum atomic E-state index is -0.908. The van der Waals surface area contributed by atoms with E-state index in [2.05, 4.69) is 20.8 Å². The highest BCUT2D eigenvalue weighted by atomic mass is 16.2. The quantitative estimate of drug-likeness (QED) is 0.813. The molecule has 1 aromatic heterocycles. The van der Waals surface area contributed by atoms with Crippen LogP contribution in [0, 0.1) is 0 Å². The van der Waals surface area contributed by atoms with Gasteiger partial charge in [-0.3, -0.25) is 4.79 Å². The summed E-state index contributed by atoms with van der Waals surface area (Å²) >= 11 is 0. The minimum Gasteiger partial charge on any atom is -0.325 e. The third-order valence-electron chi connectivity index (χ3n) is 2.32. The molecule has 2 aromatic rings. The van der Waals surface area contributed by atoms with E-state index in [0.29, 0.717) is 5.69 Å². The predicted molar refractivity (Wildman–Crippen MR) is 66.1 cm³/mol. The van der Waals surface area contributed by atoms with E-state index in [4.69, 9.17) is 5.73 Å². The van der Waals surface area contributed by atoms with E-state index in [0.717, 1.165) is 5.69 Å². The second-order valence-electron chi connectivity index (χ2n) is 4.48. The molecule has 3 N–H and O–H groups in total. The number of anilines is 1. The van der Waals surface area contributed by atoms with E-state index in [-0.39, 0.29) is 5.91 Å². The lowest BCUT2D eigenvalue weighted by atomic mass is 10.1. The number of carbonyl (C=O) groups excluding carboxylic acids is 1. The summed E-state index contributed by atoms with van der Waals surface area (Å²) in [5.74, 6) is -0.238. The Hall–Kier alpha value is -2.28. The topological polar surface area (TPSA) is 98.7 Å². The van der Waals surface area contributed by atoms with E-state index in [1.165, 1.54) is 11.0 Å². The number of nitrogens with two attached hydrogens (primary N) is 1. The average molecular weight is 246 g/mol. The maximum Gasteiger partial charge on any atom is 0.243 e. The van der Waals surface area contributed by atoms with Crippen LogP contribution in [-0.2, 0) is 4.79 Å². The second-order valence-corrected chi connectivity index (χ2v) is 4.48. The fourth-order valence-corrected chi connectivity index (χ4v) is 1.27. The largest absolute Gasteiger partial charge is 0.325 e. The first-order valence-electron chi connectivity index (χ1n) is 5.40. The molecule has 2 rings (SSSR count). The van der Waals surface area contributed by atoms with Crippen molar-refractivity contribution in [2.75, 3.05) is 5.32 Å². The molecule has 0 aliphatic carbocycles. The minimum absolute atomic E-state index is 0.238. The number of carbonyl (C=O) groups is 1. The van der Waals surface area contributed by atoms with Gasteiger partial charge < -0.3 is 11.1 Å². The number of amides is 1. The van der Waals surface area contributed by atoms with Crippen molar-refractivity contribution in [3.63, 3.8) is 0 Å². The summed E-state index contributed by atoms with van der Waals surface area (Å²) in [5, 5.41) is 13.6. The number of tetrazole rings is 1. The molecule has 0 saturated heterocycles. The molecule has 0 bridgehead atoms. The summed E-state index contributed by atoms with van der Waals surface area (Å²) in [6.07, 6.45) is 1.50. The molecule has 0 fully saturated rings. The lowest BCUT2D eigenvalue weighted by molar-refractivity contribution is -0.120. The van der Waals surface area contributed by atoms with Gasteiger partial charge in [0.1, 0.15) is 6.33 Å². The zero-order valence-corrected chi connectivity index (χ0v) is 10.2. The van der Waals surface area contributed by atoms with Crippen molar-refractivity contribution in [3.05, 3.63) is 30.6 Å². The summed E-state index contributed by atoms with van der Waals surface area (Å²) in [6.45, 7) is 3.30. The zero-order valence-electron chi connectivity index (χ0n) is 10.2. The van der Waals surface area contributed by atoms with Gasteiger partial charge in [0.2, 0.25) is 5.91 Å². The van der Waals surface area contributed by atoms with Crippen LogP contribution in [-0.4, -0.2) is 31.7 Å². The van der Waals surface area contributed by atoms with Gasteiger partial charge in [-0.15, -0.1) is 5.10 Å². The Balaban J connectivity index is 2.12. The average Bonchev–Trinajstić information content (AvgIpc) is 2.82. The predicted octanol–water partition coefficient (Wildman–Crippen LogP) is 0.338. The maximum absolute atomic E-state index is 11.7. The third-order valence-corrected chi connectivity index (χ3v) is 2.32. The molecule has 0 aliphatic heterocycles. The van der Waals surface area contributed by atoms with Crippen molar-refractivity contribution in [3.8, 4) is 5.69 Å². The highest BCUT2D eigenvalue weighted by Crippen LogP contribution is 2.13. The Morgan fingerprint density at radius 3 is 2.50 bits per heavy atom. The fourth-order valence-electron chi connectivity index (χ4n) is 1.27. The van der Waals surface area contributed by atoms with Crippen molar-refractivity contribution in [1.82, 2.24) is 20.2 Å². The number of nitrogens with zero attached hydrogens (tertiary/aromatic N) is 4. The van der Waals surface area contributed by atoms with E-state index in [1.54, 1.807) is 38.1 Å². The van der Waals surface area contributed by atoms with Crippen LogP contribution in [0.5, 0.6) is 0 Å². The Bertz CT molecular complexity index is 526. The number of nitrogens with one attached hydrogen (secondary N) is 1. The van der Waals surface area contributed by atoms with Crippen LogP contribution >= 0.6 is 0 Å².